The van der Waals surface area contributed by atoms with Gasteiger partial charge in [0.1, 0.15) is 5.75 Å². The van der Waals surface area contributed by atoms with E-state index in [2.05, 4.69) is 0 Å². The third kappa shape index (κ3) is 1.54. The highest BCUT2D eigenvalue weighted by Crippen LogP contribution is 2.28. The van der Waals surface area contributed by atoms with Crippen LogP contribution in [0.15, 0.2) is 24.5 Å². The monoisotopic (exact) mass is 204 g/mol. The summed E-state index contributed by atoms with van der Waals surface area (Å²) >= 11 is 0. The molecule has 0 radical (unpaired) electrons. The number of nitrogen functional groups attached to an aromatic ring is 1. The van der Waals surface area contributed by atoms with Crippen LogP contribution in [0.5, 0.6) is 5.75 Å². The van der Waals surface area contributed by atoms with E-state index < -0.39 is 0 Å². The molecule has 2 aromatic rings. The van der Waals surface area contributed by atoms with Gasteiger partial charge in [-0.2, -0.15) is 0 Å². The van der Waals surface area contributed by atoms with Crippen molar-refractivity contribution in [3.63, 3.8) is 0 Å². The van der Waals surface area contributed by atoms with Crippen molar-refractivity contribution in [1.82, 2.24) is 4.57 Å². The lowest BCUT2D eigenvalue weighted by molar-refractivity contribution is 0.0937. The summed E-state index contributed by atoms with van der Waals surface area (Å²) in [7, 11) is 1.57. The van der Waals surface area contributed by atoms with Gasteiger partial charge in [0, 0.05) is 30.1 Å². The van der Waals surface area contributed by atoms with Crippen LogP contribution in [0.3, 0.4) is 0 Å². The lowest BCUT2D eigenvalue weighted by Gasteiger charge is -2.03. The highest BCUT2D eigenvalue weighted by atomic mass is 16.5. The van der Waals surface area contributed by atoms with Gasteiger partial charge >= 0.3 is 0 Å². The summed E-state index contributed by atoms with van der Waals surface area (Å²) < 4.78 is 6.63. The number of fused-ring (bicyclic) bond motifs is 1. The number of hydrogen-bond donors (Lipinski definition) is 1. The van der Waals surface area contributed by atoms with Gasteiger partial charge in [0.15, 0.2) is 0 Å². The van der Waals surface area contributed by atoms with Gasteiger partial charge in [-0.15, -0.1) is 0 Å². The first-order chi connectivity index (χ1) is 7.11. The molecular weight excluding hydrogens is 192 g/mol. The Morgan fingerprint density at radius 2 is 1.93 bits per heavy atom. The molecule has 4 heteroatoms. The second-order valence-corrected chi connectivity index (χ2v) is 3.41. The largest absolute Gasteiger partial charge is 0.495 e. The van der Waals surface area contributed by atoms with Gasteiger partial charge in [0.25, 0.3) is 0 Å². The molecule has 78 valence electrons. The first kappa shape index (κ1) is 9.58. The third-order valence-corrected chi connectivity index (χ3v) is 2.36. The van der Waals surface area contributed by atoms with Crippen LogP contribution in [0.1, 0.15) is 11.7 Å². The minimum atomic E-state index is -0.0243. The topological polar surface area (TPSA) is 57.2 Å². The standard InChI is InChI=1S/C11H12N2O2/c1-7(14)13-5-8-3-10(12)11(15-2)4-9(8)6-13/h3-6H,12H2,1-2H3. The predicted octanol–water partition coefficient (Wildman–Crippen LogP) is 1.89. The van der Waals surface area contributed by atoms with Gasteiger partial charge in [-0.3, -0.25) is 9.36 Å². The second kappa shape index (κ2) is 3.31. The van der Waals surface area contributed by atoms with E-state index in [4.69, 9.17) is 10.5 Å². The third-order valence-electron chi connectivity index (χ3n) is 2.36. The fourth-order valence-corrected chi connectivity index (χ4v) is 1.55. The smallest absolute Gasteiger partial charge is 0.227 e. The molecule has 2 rings (SSSR count). The van der Waals surface area contributed by atoms with Crippen molar-refractivity contribution in [1.29, 1.82) is 0 Å². The number of rotatable bonds is 1. The Balaban J connectivity index is 2.66. The van der Waals surface area contributed by atoms with Crippen LogP contribution in [-0.2, 0) is 0 Å². The first-order valence-electron chi connectivity index (χ1n) is 4.58. The van der Waals surface area contributed by atoms with Crippen molar-refractivity contribution in [2.75, 3.05) is 12.8 Å². The Bertz CT molecular complexity index is 529. The van der Waals surface area contributed by atoms with Crippen LogP contribution >= 0.6 is 0 Å². The van der Waals surface area contributed by atoms with E-state index in [9.17, 15) is 4.79 Å². The molecule has 0 bridgehead atoms. The Labute approximate surface area is 87.2 Å². The molecule has 0 aliphatic carbocycles. The second-order valence-electron chi connectivity index (χ2n) is 3.41. The maximum absolute atomic E-state index is 11.2. The molecule has 0 fully saturated rings. The van der Waals surface area contributed by atoms with Gasteiger partial charge in [0.05, 0.1) is 12.8 Å². The summed E-state index contributed by atoms with van der Waals surface area (Å²) in [5, 5.41) is 1.87. The van der Waals surface area contributed by atoms with E-state index in [-0.39, 0.29) is 5.91 Å². The number of methoxy groups -OCH3 is 1. The number of nitrogens with zero attached hydrogens (tertiary/aromatic N) is 1. The molecule has 1 aromatic carbocycles. The molecule has 1 heterocycles. The van der Waals surface area contributed by atoms with Crippen molar-refractivity contribution in [3.05, 3.63) is 24.5 Å². The Morgan fingerprint density at radius 3 is 2.47 bits per heavy atom. The van der Waals surface area contributed by atoms with E-state index in [1.807, 2.05) is 6.07 Å². The molecule has 0 aliphatic heterocycles. The minimum Gasteiger partial charge on any atom is -0.495 e. The zero-order valence-corrected chi connectivity index (χ0v) is 8.65. The summed E-state index contributed by atoms with van der Waals surface area (Å²) in [6.07, 6.45) is 3.52. The molecule has 0 saturated carbocycles. The van der Waals surface area contributed by atoms with E-state index in [0.717, 1.165) is 10.8 Å². The van der Waals surface area contributed by atoms with E-state index in [1.165, 1.54) is 11.5 Å². The van der Waals surface area contributed by atoms with Crippen LogP contribution in [0.4, 0.5) is 5.69 Å². The molecule has 0 atom stereocenters. The van der Waals surface area contributed by atoms with Crippen molar-refractivity contribution in [3.8, 4) is 5.75 Å². The average molecular weight is 204 g/mol. The minimum absolute atomic E-state index is 0.0243. The molecular formula is C11H12N2O2. The summed E-state index contributed by atoms with van der Waals surface area (Å²) in [6, 6.07) is 3.62. The van der Waals surface area contributed by atoms with E-state index in [1.54, 1.807) is 25.6 Å². The normalized spacial score (nSPS) is 10.5. The number of anilines is 1. The molecule has 0 spiro atoms. The molecule has 2 N–H and O–H groups in total. The van der Waals surface area contributed by atoms with Crippen LogP contribution in [0, 0.1) is 0 Å². The number of nitrogens with two attached hydrogens (primary N) is 1. The summed E-state index contributed by atoms with van der Waals surface area (Å²) in [5.74, 6) is 0.604. The zero-order chi connectivity index (χ0) is 11.0. The van der Waals surface area contributed by atoms with Gasteiger partial charge in [-0.05, 0) is 12.1 Å². The molecule has 15 heavy (non-hydrogen) atoms. The van der Waals surface area contributed by atoms with E-state index in [0.29, 0.717) is 11.4 Å². The molecule has 1 aromatic heterocycles. The maximum Gasteiger partial charge on any atom is 0.227 e. The lowest BCUT2D eigenvalue weighted by Crippen LogP contribution is -2.00. The summed E-state index contributed by atoms with van der Waals surface area (Å²) in [4.78, 5) is 11.2. The number of benzene rings is 1. The van der Waals surface area contributed by atoms with Crippen molar-refractivity contribution < 1.29 is 9.53 Å². The van der Waals surface area contributed by atoms with E-state index >= 15 is 0 Å². The van der Waals surface area contributed by atoms with Crippen molar-refractivity contribution in [2.45, 2.75) is 6.92 Å². The number of aromatic nitrogens is 1. The Hall–Kier alpha value is -1.97. The number of carbonyl (C=O) groups excluding carboxylic acids is 1. The first-order valence-corrected chi connectivity index (χ1v) is 4.58. The number of ether oxygens (including phenoxy) is 1. The predicted molar refractivity (Wildman–Crippen MR) is 59.2 cm³/mol. The number of hydrogen-bond acceptors (Lipinski definition) is 3. The number of carbonyl (C=O) groups is 1. The summed E-state index contributed by atoms with van der Waals surface area (Å²) in [6.45, 7) is 1.51. The summed E-state index contributed by atoms with van der Waals surface area (Å²) in [5.41, 5.74) is 6.34. The van der Waals surface area contributed by atoms with Crippen LogP contribution in [0.25, 0.3) is 10.8 Å². The molecule has 0 saturated heterocycles. The van der Waals surface area contributed by atoms with Crippen LogP contribution in [0.2, 0.25) is 0 Å². The lowest BCUT2D eigenvalue weighted by atomic mass is 10.2. The average Bonchev–Trinajstić information content (AvgIpc) is 2.59. The van der Waals surface area contributed by atoms with Gasteiger partial charge in [0.2, 0.25) is 5.91 Å². The Morgan fingerprint density at radius 1 is 1.33 bits per heavy atom. The molecule has 0 unspecified atom stereocenters. The van der Waals surface area contributed by atoms with Crippen molar-refractivity contribution >= 4 is 22.4 Å². The quantitative estimate of drug-likeness (QED) is 0.721. The highest BCUT2D eigenvalue weighted by molar-refractivity contribution is 5.92. The SMILES string of the molecule is COc1cc2cn(C(C)=O)cc2cc1N. The fourth-order valence-electron chi connectivity index (χ4n) is 1.55. The van der Waals surface area contributed by atoms with Gasteiger partial charge in [-0.25, -0.2) is 0 Å². The molecule has 0 amide bonds. The van der Waals surface area contributed by atoms with Crippen LogP contribution < -0.4 is 10.5 Å². The highest BCUT2D eigenvalue weighted by Gasteiger charge is 2.06. The van der Waals surface area contributed by atoms with Crippen LogP contribution in [-0.4, -0.2) is 17.6 Å². The Kier molecular flexibility index (Phi) is 2.11. The zero-order valence-electron chi connectivity index (χ0n) is 8.65. The molecule has 4 nitrogen and oxygen atoms in total. The molecule has 0 aliphatic rings. The van der Waals surface area contributed by atoms with Gasteiger partial charge in [-0.1, -0.05) is 0 Å². The fraction of sp³-hybridized carbons (Fsp3) is 0.182. The van der Waals surface area contributed by atoms with Gasteiger partial charge < -0.3 is 10.5 Å². The van der Waals surface area contributed by atoms with Crippen molar-refractivity contribution in [2.24, 2.45) is 0 Å². The maximum atomic E-state index is 11.2.